The zero-order valence-electron chi connectivity index (χ0n) is 21.7. The van der Waals surface area contributed by atoms with Crippen LogP contribution in [0, 0.1) is 0 Å². The molecule has 10 nitrogen and oxygen atoms in total. The number of ether oxygens (including phenoxy) is 2. The number of aromatic nitrogens is 1. The lowest BCUT2D eigenvalue weighted by Crippen LogP contribution is -2.70. The van der Waals surface area contributed by atoms with E-state index in [-0.39, 0.29) is 18.2 Å². The van der Waals surface area contributed by atoms with Gasteiger partial charge in [-0.05, 0) is 44.4 Å². The Morgan fingerprint density at radius 1 is 1.21 bits per heavy atom. The third kappa shape index (κ3) is 5.71. The fraction of sp³-hybridized carbons (Fsp3) is 0.370. The number of fused-ring (bicyclic) bond motifs is 1. The summed E-state index contributed by atoms with van der Waals surface area (Å²) in [5.41, 5.74) is 1.24. The highest BCUT2D eigenvalue weighted by molar-refractivity contribution is 8.00. The van der Waals surface area contributed by atoms with E-state index in [1.54, 1.807) is 37.9 Å². The first kappa shape index (κ1) is 26.9. The number of carbonyl (C=O) groups excluding carboxylic acids is 4. The van der Waals surface area contributed by atoms with Gasteiger partial charge in [-0.3, -0.25) is 19.4 Å². The highest BCUT2D eigenvalue weighted by Gasteiger charge is 2.54. The Labute approximate surface area is 234 Å². The van der Waals surface area contributed by atoms with Gasteiger partial charge in [0.05, 0.1) is 0 Å². The Balaban J connectivity index is 1.40. The lowest BCUT2D eigenvalue weighted by atomic mass is 10.0. The molecule has 0 saturated carbocycles. The molecule has 3 aliphatic heterocycles. The molecule has 0 radical (unpaired) electrons. The number of carbonyl (C=O) groups is 4. The van der Waals surface area contributed by atoms with Crippen molar-refractivity contribution in [3.05, 3.63) is 70.4 Å². The molecule has 0 spiro atoms. The number of allylic oxidation sites excluding steroid dienone is 1. The molecule has 1 aromatic carbocycles. The average Bonchev–Trinajstić information content (AvgIpc) is 3.55. The quantitative estimate of drug-likeness (QED) is 0.319. The second-order valence-corrected chi connectivity index (χ2v) is 12.1. The SMILES string of the molecule is CC(C)(C)OC(=O)N[C@@H]1C(=O)N2C(C(=O)OCc3ccccc3)=C(/C=C3\CCN(c4nccs4)C3=O)CS[C@H]12. The van der Waals surface area contributed by atoms with Crippen LogP contribution in [0.15, 0.2) is 64.8 Å². The van der Waals surface area contributed by atoms with Crippen LogP contribution in [0.5, 0.6) is 0 Å². The molecule has 0 unspecified atom stereocenters. The van der Waals surface area contributed by atoms with Crippen LogP contribution in [0.3, 0.4) is 0 Å². The number of nitrogens with zero attached hydrogens (tertiary/aromatic N) is 3. The van der Waals surface area contributed by atoms with Gasteiger partial charge >= 0.3 is 12.1 Å². The number of thioether (sulfide) groups is 1. The Kier molecular flexibility index (Phi) is 7.50. The summed E-state index contributed by atoms with van der Waals surface area (Å²) in [5, 5.41) is 4.55. The van der Waals surface area contributed by atoms with Gasteiger partial charge in [0.2, 0.25) is 0 Å². The van der Waals surface area contributed by atoms with Gasteiger partial charge in [0, 0.05) is 29.4 Å². The van der Waals surface area contributed by atoms with E-state index in [1.165, 1.54) is 28.0 Å². The molecule has 1 N–H and O–H groups in total. The van der Waals surface area contributed by atoms with Gasteiger partial charge in [-0.1, -0.05) is 30.3 Å². The first-order chi connectivity index (χ1) is 18.6. The maximum atomic E-state index is 13.4. The number of alkyl carbamates (subject to hydrolysis) is 1. The van der Waals surface area contributed by atoms with Crippen molar-refractivity contribution >= 4 is 52.1 Å². The first-order valence-corrected chi connectivity index (χ1v) is 14.4. The number of nitrogens with one attached hydrogen (secondary N) is 1. The second-order valence-electron chi connectivity index (χ2n) is 10.2. The molecule has 204 valence electrons. The van der Waals surface area contributed by atoms with E-state index in [4.69, 9.17) is 9.47 Å². The predicted molar refractivity (Wildman–Crippen MR) is 147 cm³/mol. The summed E-state index contributed by atoms with van der Waals surface area (Å²) in [6, 6.07) is 8.39. The lowest BCUT2D eigenvalue weighted by Gasteiger charge is -2.49. The summed E-state index contributed by atoms with van der Waals surface area (Å²) < 4.78 is 10.9. The fourth-order valence-electron chi connectivity index (χ4n) is 4.46. The van der Waals surface area contributed by atoms with Crippen molar-refractivity contribution in [1.82, 2.24) is 15.2 Å². The minimum absolute atomic E-state index is 0.0310. The van der Waals surface area contributed by atoms with Crippen LogP contribution in [0.25, 0.3) is 0 Å². The maximum Gasteiger partial charge on any atom is 0.408 e. The van der Waals surface area contributed by atoms with Crippen LogP contribution in [0.2, 0.25) is 0 Å². The van der Waals surface area contributed by atoms with E-state index in [1.807, 2.05) is 35.7 Å². The molecular formula is C27H28N4O6S2. The van der Waals surface area contributed by atoms with E-state index in [2.05, 4.69) is 10.3 Å². The molecule has 2 fully saturated rings. The number of amides is 3. The molecule has 3 aliphatic rings. The standard InChI is InChI=1S/C27H28N4O6S2/c1-27(2,3)37-26(35)29-19-22(33)31-20(24(34)36-14-16-7-5-4-6-8-16)18(15-39-23(19)31)13-17-9-11-30(21(17)32)25-28-10-12-38-25/h4-8,10,12-13,19,23H,9,11,14-15H2,1-3H3,(H,29,35)/b17-13+/t19-,23-/m1/s1. The van der Waals surface area contributed by atoms with Crippen molar-refractivity contribution in [2.24, 2.45) is 0 Å². The Morgan fingerprint density at radius 2 is 1.97 bits per heavy atom. The number of β-lactam (4-membered cyclic amide) rings is 1. The van der Waals surface area contributed by atoms with Gasteiger partial charge < -0.3 is 14.8 Å². The predicted octanol–water partition coefficient (Wildman–Crippen LogP) is 3.61. The monoisotopic (exact) mass is 568 g/mol. The van der Waals surface area contributed by atoms with Crippen molar-refractivity contribution in [1.29, 1.82) is 0 Å². The van der Waals surface area contributed by atoms with Crippen molar-refractivity contribution in [3.63, 3.8) is 0 Å². The molecule has 2 atom stereocenters. The van der Waals surface area contributed by atoms with Crippen LogP contribution in [0.4, 0.5) is 9.93 Å². The summed E-state index contributed by atoms with van der Waals surface area (Å²) in [6.45, 7) is 5.73. The van der Waals surface area contributed by atoms with Gasteiger partial charge in [-0.15, -0.1) is 23.1 Å². The van der Waals surface area contributed by atoms with Crippen molar-refractivity contribution in [3.8, 4) is 0 Å². The van der Waals surface area contributed by atoms with Crippen LogP contribution in [-0.4, -0.2) is 63.1 Å². The summed E-state index contributed by atoms with van der Waals surface area (Å²) in [6.07, 6.45) is 3.12. The molecule has 2 saturated heterocycles. The number of rotatable bonds is 6. The molecule has 0 aliphatic carbocycles. The number of esters is 1. The third-order valence-electron chi connectivity index (χ3n) is 6.20. The number of hydrogen-bond acceptors (Lipinski definition) is 9. The van der Waals surface area contributed by atoms with Gasteiger partial charge in [-0.2, -0.15) is 0 Å². The average molecular weight is 569 g/mol. The van der Waals surface area contributed by atoms with Crippen LogP contribution < -0.4 is 10.2 Å². The molecule has 2 aromatic rings. The summed E-state index contributed by atoms with van der Waals surface area (Å²) in [5.74, 6) is -0.934. The minimum Gasteiger partial charge on any atom is -0.456 e. The number of hydrogen-bond donors (Lipinski definition) is 1. The van der Waals surface area contributed by atoms with Crippen molar-refractivity contribution in [2.45, 2.75) is 50.8 Å². The minimum atomic E-state index is -0.843. The molecule has 5 rings (SSSR count). The molecular weight excluding hydrogens is 540 g/mol. The largest absolute Gasteiger partial charge is 0.456 e. The highest BCUT2D eigenvalue weighted by atomic mass is 32.2. The molecule has 39 heavy (non-hydrogen) atoms. The fourth-order valence-corrected chi connectivity index (χ4v) is 6.43. The topological polar surface area (TPSA) is 118 Å². The second kappa shape index (κ2) is 10.9. The zero-order chi connectivity index (χ0) is 27.7. The number of benzene rings is 1. The van der Waals surface area contributed by atoms with E-state index in [0.717, 1.165) is 5.56 Å². The van der Waals surface area contributed by atoms with E-state index in [0.29, 0.717) is 35.0 Å². The molecule has 12 heteroatoms. The summed E-state index contributed by atoms with van der Waals surface area (Å²) in [7, 11) is 0. The lowest BCUT2D eigenvalue weighted by molar-refractivity contribution is -0.152. The zero-order valence-corrected chi connectivity index (χ0v) is 23.3. The van der Waals surface area contributed by atoms with E-state index in [9.17, 15) is 19.2 Å². The molecule has 3 amide bonds. The Morgan fingerprint density at radius 3 is 2.67 bits per heavy atom. The highest BCUT2D eigenvalue weighted by Crippen LogP contribution is 2.42. The Hall–Kier alpha value is -3.64. The molecule has 1 aromatic heterocycles. The smallest absolute Gasteiger partial charge is 0.408 e. The van der Waals surface area contributed by atoms with Gasteiger partial charge in [0.1, 0.15) is 29.3 Å². The number of anilines is 1. The number of thiazole rings is 1. The van der Waals surface area contributed by atoms with E-state index < -0.39 is 35.0 Å². The third-order valence-corrected chi connectivity index (χ3v) is 8.30. The normalized spacial score (nSPS) is 22.1. The Bertz CT molecular complexity index is 1350. The van der Waals surface area contributed by atoms with Gasteiger partial charge in [-0.25, -0.2) is 14.6 Å². The summed E-state index contributed by atoms with van der Waals surface area (Å²) >= 11 is 2.78. The maximum absolute atomic E-state index is 13.4. The van der Waals surface area contributed by atoms with Crippen LogP contribution >= 0.6 is 23.1 Å². The first-order valence-electron chi connectivity index (χ1n) is 12.4. The van der Waals surface area contributed by atoms with Crippen molar-refractivity contribution in [2.75, 3.05) is 17.2 Å². The van der Waals surface area contributed by atoms with Gasteiger partial charge in [0.25, 0.3) is 11.8 Å². The van der Waals surface area contributed by atoms with E-state index >= 15 is 0 Å². The van der Waals surface area contributed by atoms with Crippen LogP contribution in [-0.2, 0) is 30.5 Å². The van der Waals surface area contributed by atoms with Crippen molar-refractivity contribution < 1.29 is 28.7 Å². The molecule has 4 heterocycles. The van der Waals surface area contributed by atoms with Gasteiger partial charge in [0.15, 0.2) is 5.13 Å². The molecule has 0 bridgehead atoms. The summed E-state index contributed by atoms with van der Waals surface area (Å²) in [4.78, 5) is 59.3. The van der Waals surface area contributed by atoms with Crippen LogP contribution in [0.1, 0.15) is 32.8 Å².